The van der Waals surface area contributed by atoms with Crippen molar-refractivity contribution in [3.8, 4) is 5.75 Å². The van der Waals surface area contributed by atoms with Gasteiger partial charge in [0.2, 0.25) is 0 Å². The molecule has 4 heteroatoms. The average Bonchev–Trinajstić information content (AvgIpc) is 2.36. The molecule has 0 radical (unpaired) electrons. The van der Waals surface area contributed by atoms with E-state index in [9.17, 15) is 9.50 Å². The van der Waals surface area contributed by atoms with Gasteiger partial charge in [0.1, 0.15) is 0 Å². The van der Waals surface area contributed by atoms with Gasteiger partial charge in [0, 0.05) is 22.3 Å². The number of aromatic hydroxyl groups is 1. The van der Waals surface area contributed by atoms with E-state index in [0.29, 0.717) is 12.1 Å². The number of hydrogen-bond donors (Lipinski definition) is 2. The molecule has 0 unspecified atom stereocenters. The van der Waals surface area contributed by atoms with Crippen molar-refractivity contribution < 1.29 is 9.50 Å². The molecule has 94 valence electrons. The number of rotatable bonds is 3. The molecule has 2 aromatic rings. The summed E-state index contributed by atoms with van der Waals surface area (Å²) in [5.41, 5.74) is 2.57. The first-order chi connectivity index (χ1) is 8.59. The normalized spacial score (nSPS) is 10.4. The third kappa shape index (κ3) is 2.64. The van der Waals surface area contributed by atoms with Crippen LogP contribution in [0.15, 0.2) is 40.9 Å². The van der Waals surface area contributed by atoms with Crippen LogP contribution in [0.25, 0.3) is 0 Å². The molecule has 0 spiro atoms. The predicted molar refractivity (Wildman–Crippen MR) is 74.3 cm³/mol. The van der Waals surface area contributed by atoms with Crippen molar-refractivity contribution in [2.24, 2.45) is 0 Å². The van der Waals surface area contributed by atoms with Gasteiger partial charge in [0.05, 0.1) is 0 Å². The minimum atomic E-state index is -0.597. The van der Waals surface area contributed by atoms with Gasteiger partial charge in [-0.25, -0.2) is 4.39 Å². The zero-order valence-electron chi connectivity index (χ0n) is 9.87. The summed E-state index contributed by atoms with van der Waals surface area (Å²) in [6.07, 6.45) is 0. The van der Waals surface area contributed by atoms with Gasteiger partial charge in [0.15, 0.2) is 11.6 Å². The molecule has 0 aromatic heterocycles. The van der Waals surface area contributed by atoms with Gasteiger partial charge in [-0.1, -0.05) is 34.1 Å². The van der Waals surface area contributed by atoms with Crippen molar-refractivity contribution in [2.45, 2.75) is 13.5 Å². The molecule has 0 saturated carbocycles. The maximum absolute atomic E-state index is 13.2. The Hall–Kier alpha value is -1.55. The van der Waals surface area contributed by atoms with Gasteiger partial charge < -0.3 is 10.4 Å². The molecule has 0 aliphatic carbocycles. The van der Waals surface area contributed by atoms with Crippen molar-refractivity contribution >= 4 is 21.6 Å². The van der Waals surface area contributed by atoms with Crippen LogP contribution in [-0.2, 0) is 6.54 Å². The molecule has 0 saturated heterocycles. The molecule has 0 fully saturated rings. The van der Waals surface area contributed by atoms with Crippen LogP contribution >= 0.6 is 15.9 Å². The molecule has 0 heterocycles. The zero-order valence-corrected chi connectivity index (χ0v) is 11.5. The first-order valence-corrected chi connectivity index (χ1v) is 6.34. The predicted octanol–water partition coefficient (Wildman–Crippen LogP) is 4.21. The van der Waals surface area contributed by atoms with Crippen LogP contribution in [-0.4, -0.2) is 5.11 Å². The highest BCUT2D eigenvalue weighted by Crippen LogP contribution is 2.26. The fourth-order valence-corrected chi connectivity index (χ4v) is 2.06. The molecular formula is C14H13BrFNO. The molecule has 2 aromatic carbocycles. The largest absolute Gasteiger partial charge is 0.505 e. The summed E-state index contributed by atoms with van der Waals surface area (Å²) in [4.78, 5) is 0. The highest BCUT2D eigenvalue weighted by Gasteiger charge is 2.07. The van der Waals surface area contributed by atoms with E-state index in [1.165, 1.54) is 6.07 Å². The molecule has 2 nitrogen and oxygen atoms in total. The van der Waals surface area contributed by atoms with Gasteiger partial charge in [-0.3, -0.25) is 0 Å². The Morgan fingerprint density at radius 2 is 1.94 bits per heavy atom. The van der Waals surface area contributed by atoms with Gasteiger partial charge >= 0.3 is 0 Å². The van der Waals surface area contributed by atoms with Crippen LogP contribution in [0.1, 0.15) is 11.1 Å². The van der Waals surface area contributed by atoms with Gasteiger partial charge in [0.25, 0.3) is 0 Å². The van der Waals surface area contributed by atoms with Crippen molar-refractivity contribution in [2.75, 3.05) is 5.32 Å². The standard InChI is InChI=1S/C14H13BrFNO/c1-9-11(15)5-3-7-13(9)17-8-10-4-2-6-12(16)14(10)18/h2-7,17-18H,8H2,1H3. The summed E-state index contributed by atoms with van der Waals surface area (Å²) < 4.78 is 14.2. The quantitative estimate of drug-likeness (QED) is 0.890. The second kappa shape index (κ2) is 5.40. The third-order valence-electron chi connectivity index (χ3n) is 2.81. The maximum atomic E-state index is 13.2. The van der Waals surface area contributed by atoms with Crippen LogP contribution in [0.2, 0.25) is 0 Å². The van der Waals surface area contributed by atoms with Crippen LogP contribution in [0, 0.1) is 12.7 Å². The summed E-state index contributed by atoms with van der Waals surface area (Å²) >= 11 is 3.45. The van der Waals surface area contributed by atoms with E-state index in [2.05, 4.69) is 21.2 Å². The number of halogens is 2. The number of benzene rings is 2. The Morgan fingerprint density at radius 1 is 1.22 bits per heavy atom. The molecule has 0 aliphatic heterocycles. The molecule has 0 amide bonds. The molecule has 0 bridgehead atoms. The molecule has 0 aliphatic rings. The average molecular weight is 310 g/mol. The van der Waals surface area contributed by atoms with Crippen molar-refractivity contribution in [1.82, 2.24) is 0 Å². The number of para-hydroxylation sites is 1. The Morgan fingerprint density at radius 3 is 2.72 bits per heavy atom. The lowest BCUT2D eigenvalue weighted by atomic mass is 10.1. The van der Waals surface area contributed by atoms with Crippen LogP contribution < -0.4 is 5.32 Å². The first-order valence-electron chi connectivity index (χ1n) is 5.55. The van der Waals surface area contributed by atoms with Gasteiger partial charge in [-0.05, 0) is 30.7 Å². The second-order valence-corrected chi connectivity index (χ2v) is 4.87. The minimum absolute atomic E-state index is 0.294. The molecule has 2 rings (SSSR count). The van der Waals surface area contributed by atoms with Crippen LogP contribution in [0.5, 0.6) is 5.75 Å². The number of anilines is 1. The van der Waals surface area contributed by atoms with E-state index in [-0.39, 0.29) is 5.75 Å². The highest BCUT2D eigenvalue weighted by molar-refractivity contribution is 9.10. The van der Waals surface area contributed by atoms with E-state index in [0.717, 1.165) is 15.7 Å². The maximum Gasteiger partial charge on any atom is 0.165 e. The highest BCUT2D eigenvalue weighted by atomic mass is 79.9. The summed E-state index contributed by atoms with van der Waals surface area (Å²) in [5, 5.41) is 12.8. The van der Waals surface area contributed by atoms with Crippen molar-refractivity contribution in [3.05, 3.63) is 57.8 Å². The number of hydrogen-bond acceptors (Lipinski definition) is 2. The van der Waals surface area contributed by atoms with Gasteiger partial charge in [-0.15, -0.1) is 0 Å². The third-order valence-corrected chi connectivity index (χ3v) is 3.67. The Balaban J connectivity index is 2.17. The monoisotopic (exact) mass is 309 g/mol. The zero-order chi connectivity index (χ0) is 13.1. The summed E-state index contributed by atoms with van der Waals surface area (Å²) in [6.45, 7) is 2.36. The summed E-state index contributed by atoms with van der Waals surface area (Å²) in [6, 6.07) is 10.3. The van der Waals surface area contributed by atoms with E-state index in [1.54, 1.807) is 12.1 Å². The fourth-order valence-electron chi connectivity index (χ4n) is 1.69. The number of phenolic OH excluding ortho intramolecular Hbond substituents is 1. The Kier molecular flexibility index (Phi) is 3.87. The summed E-state index contributed by atoms with van der Waals surface area (Å²) in [7, 11) is 0. The molecule has 18 heavy (non-hydrogen) atoms. The fraction of sp³-hybridized carbons (Fsp3) is 0.143. The van der Waals surface area contributed by atoms with E-state index < -0.39 is 5.82 Å². The lowest BCUT2D eigenvalue weighted by Gasteiger charge is -2.11. The topological polar surface area (TPSA) is 32.3 Å². The lowest BCUT2D eigenvalue weighted by molar-refractivity contribution is 0.427. The first kappa shape index (κ1) is 12.9. The lowest BCUT2D eigenvalue weighted by Crippen LogP contribution is -2.02. The number of nitrogens with one attached hydrogen (secondary N) is 1. The SMILES string of the molecule is Cc1c(Br)cccc1NCc1cccc(F)c1O. The van der Waals surface area contributed by atoms with Gasteiger partial charge in [-0.2, -0.15) is 0 Å². The molecule has 0 atom stereocenters. The smallest absolute Gasteiger partial charge is 0.165 e. The van der Waals surface area contributed by atoms with E-state index in [4.69, 9.17) is 0 Å². The Labute approximate surface area is 114 Å². The molecular weight excluding hydrogens is 297 g/mol. The number of phenols is 1. The van der Waals surface area contributed by atoms with E-state index >= 15 is 0 Å². The minimum Gasteiger partial charge on any atom is -0.505 e. The Bertz CT molecular complexity index is 520. The van der Waals surface area contributed by atoms with Crippen molar-refractivity contribution in [1.29, 1.82) is 0 Å². The van der Waals surface area contributed by atoms with Crippen molar-refractivity contribution in [3.63, 3.8) is 0 Å². The second-order valence-electron chi connectivity index (χ2n) is 4.01. The summed E-state index contributed by atoms with van der Waals surface area (Å²) in [5.74, 6) is -0.891. The molecule has 2 N–H and O–H groups in total. The van der Waals surface area contributed by atoms with E-state index in [1.807, 2.05) is 25.1 Å². The van der Waals surface area contributed by atoms with Crippen LogP contribution in [0.3, 0.4) is 0 Å². The van der Waals surface area contributed by atoms with Crippen LogP contribution in [0.4, 0.5) is 10.1 Å².